The fourth-order valence-electron chi connectivity index (χ4n) is 1.13. The van der Waals surface area contributed by atoms with Gasteiger partial charge in [-0.15, -0.1) is 0 Å². The van der Waals surface area contributed by atoms with E-state index in [2.05, 4.69) is 0 Å². The van der Waals surface area contributed by atoms with E-state index in [-0.39, 0.29) is 18.3 Å². The van der Waals surface area contributed by atoms with Crippen LogP contribution in [0.25, 0.3) is 0 Å². The Labute approximate surface area is 76.0 Å². The maximum atomic E-state index is 10.9. The molecule has 1 aromatic carbocycles. The van der Waals surface area contributed by atoms with E-state index in [0.717, 1.165) is 0 Å². The summed E-state index contributed by atoms with van der Waals surface area (Å²) in [6.07, 6.45) is 0.265. The van der Waals surface area contributed by atoms with Crippen LogP contribution < -0.4 is 5.30 Å². The van der Waals surface area contributed by atoms with Crippen LogP contribution in [-0.2, 0) is 11.0 Å². The second kappa shape index (κ2) is 4.03. The molecule has 1 rings (SSSR count). The first-order valence-electron chi connectivity index (χ1n) is 3.80. The van der Waals surface area contributed by atoms with Gasteiger partial charge in [-0.05, 0) is 18.1 Å². The Balaban J connectivity index is 3.12. The van der Waals surface area contributed by atoms with Gasteiger partial charge in [-0.3, -0.25) is 4.57 Å². The van der Waals surface area contributed by atoms with Gasteiger partial charge in [0.15, 0.2) is 0 Å². The highest BCUT2D eigenvalue weighted by molar-refractivity contribution is 7.60. The molecule has 0 fully saturated rings. The number of aliphatic hydroxyl groups is 1. The summed E-state index contributed by atoms with van der Waals surface area (Å²) >= 11 is 0. The first kappa shape index (κ1) is 10.4. The van der Waals surface area contributed by atoms with Crippen molar-refractivity contribution in [2.75, 3.05) is 6.61 Å². The number of hydrogen-bond acceptors (Lipinski definition) is 2. The van der Waals surface area contributed by atoms with Crippen molar-refractivity contribution in [3.8, 4) is 0 Å². The maximum absolute atomic E-state index is 10.9. The van der Waals surface area contributed by atoms with E-state index in [1.54, 1.807) is 18.2 Å². The standard InChI is InChI=1S/C8H11O4P/c9-6-5-7-3-1-2-4-8(7)13(10,11)12/h1-4,9H,5-6H2,(H2,10,11,12). The van der Waals surface area contributed by atoms with Crippen LogP contribution >= 0.6 is 7.60 Å². The van der Waals surface area contributed by atoms with Gasteiger partial charge in [-0.25, -0.2) is 0 Å². The zero-order chi connectivity index (χ0) is 9.90. The smallest absolute Gasteiger partial charge is 0.356 e. The summed E-state index contributed by atoms with van der Waals surface area (Å²) in [5.41, 5.74) is 0.498. The van der Waals surface area contributed by atoms with Gasteiger partial charge in [0.25, 0.3) is 0 Å². The molecule has 0 saturated heterocycles. The van der Waals surface area contributed by atoms with Gasteiger partial charge in [-0.2, -0.15) is 0 Å². The van der Waals surface area contributed by atoms with Gasteiger partial charge in [0.05, 0.1) is 5.30 Å². The maximum Gasteiger partial charge on any atom is 0.356 e. The zero-order valence-electron chi connectivity index (χ0n) is 6.92. The van der Waals surface area contributed by atoms with Gasteiger partial charge in [0, 0.05) is 6.61 Å². The summed E-state index contributed by atoms with van der Waals surface area (Å²) in [5.74, 6) is 0. The van der Waals surface area contributed by atoms with Crippen molar-refractivity contribution in [3.05, 3.63) is 29.8 Å². The Morgan fingerprint density at radius 3 is 2.38 bits per heavy atom. The highest BCUT2D eigenvalue weighted by Crippen LogP contribution is 2.34. The minimum absolute atomic E-state index is 0.00375. The molecule has 72 valence electrons. The first-order chi connectivity index (χ1) is 6.05. The monoisotopic (exact) mass is 202 g/mol. The summed E-state index contributed by atoms with van der Waals surface area (Å²) in [6, 6.07) is 6.23. The molecule has 1 aromatic rings. The van der Waals surface area contributed by atoms with Crippen LogP contribution in [0.15, 0.2) is 24.3 Å². The summed E-state index contributed by atoms with van der Waals surface area (Å²) in [6.45, 7) is -0.114. The zero-order valence-corrected chi connectivity index (χ0v) is 7.82. The van der Waals surface area contributed by atoms with E-state index in [1.165, 1.54) is 6.07 Å². The summed E-state index contributed by atoms with van der Waals surface area (Å²) in [7, 11) is -4.20. The average Bonchev–Trinajstić information content (AvgIpc) is 2.04. The molecule has 0 aromatic heterocycles. The molecule has 5 heteroatoms. The predicted octanol–water partition coefficient (Wildman–Crippen LogP) is 0.0244. The highest BCUT2D eigenvalue weighted by Gasteiger charge is 2.19. The van der Waals surface area contributed by atoms with Gasteiger partial charge < -0.3 is 14.9 Å². The molecule has 13 heavy (non-hydrogen) atoms. The summed E-state index contributed by atoms with van der Waals surface area (Å²) < 4.78 is 10.9. The van der Waals surface area contributed by atoms with Crippen LogP contribution in [0.1, 0.15) is 5.56 Å². The second-order valence-electron chi connectivity index (χ2n) is 2.65. The third-order valence-electron chi connectivity index (χ3n) is 1.69. The SMILES string of the molecule is O=P(O)(O)c1ccccc1CCO. The minimum atomic E-state index is -4.20. The van der Waals surface area contributed by atoms with E-state index in [4.69, 9.17) is 14.9 Å². The molecule has 0 atom stereocenters. The van der Waals surface area contributed by atoms with Crippen LogP contribution in [0.5, 0.6) is 0 Å². The lowest BCUT2D eigenvalue weighted by Gasteiger charge is -2.08. The van der Waals surface area contributed by atoms with E-state index in [1.807, 2.05) is 0 Å². The van der Waals surface area contributed by atoms with Crippen molar-refractivity contribution in [2.24, 2.45) is 0 Å². The quantitative estimate of drug-likeness (QED) is 0.604. The Morgan fingerprint density at radius 1 is 1.23 bits per heavy atom. The van der Waals surface area contributed by atoms with Crippen LogP contribution in [-0.4, -0.2) is 21.5 Å². The van der Waals surface area contributed by atoms with Crippen LogP contribution in [0, 0.1) is 0 Å². The first-order valence-corrected chi connectivity index (χ1v) is 5.42. The number of hydrogen-bond donors (Lipinski definition) is 3. The largest absolute Gasteiger partial charge is 0.396 e. The van der Waals surface area contributed by atoms with Gasteiger partial charge in [-0.1, -0.05) is 18.2 Å². The van der Waals surface area contributed by atoms with Crippen molar-refractivity contribution >= 4 is 12.9 Å². The third-order valence-corrected chi connectivity index (χ3v) is 2.75. The molecule has 0 spiro atoms. The molecule has 0 radical (unpaired) electrons. The van der Waals surface area contributed by atoms with Crippen LogP contribution in [0.2, 0.25) is 0 Å². The Morgan fingerprint density at radius 2 is 1.85 bits per heavy atom. The fraction of sp³-hybridized carbons (Fsp3) is 0.250. The van der Waals surface area contributed by atoms with Crippen molar-refractivity contribution < 1.29 is 19.5 Å². The topological polar surface area (TPSA) is 77.8 Å². The van der Waals surface area contributed by atoms with Gasteiger partial charge >= 0.3 is 7.60 Å². The summed E-state index contributed by atoms with van der Waals surface area (Å²) in [5, 5.41) is 8.66. The number of aliphatic hydroxyl groups excluding tert-OH is 1. The Kier molecular flexibility index (Phi) is 3.22. The van der Waals surface area contributed by atoms with Crippen molar-refractivity contribution in [1.82, 2.24) is 0 Å². The molecule has 4 nitrogen and oxygen atoms in total. The Bertz CT molecular complexity index is 331. The predicted molar refractivity (Wildman–Crippen MR) is 48.9 cm³/mol. The number of rotatable bonds is 3. The highest BCUT2D eigenvalue weighted by atomic mass is 31.2. The molecule has 0 bridgehead atoms. The molecular weight excluding hydrogens is 191 g/mol. The van der Waals surface area contributed by atoms with Crippen molar-refractivity contribution in [3.63, 3.8) is 0 Å². The molecular formula is C8H11O4P. The lowest BCUT2D eigenvalue weighted by molar-refractivity contribution is 0.300. The second-order valence-corrected chi connectivity index (χ2v) is 4.22. The van der Waals surface area contributed by atoms with Gasteiger partial charge in [0.1, 0.15) is 0 Å². The normalized spacial score (nSPS) is 11.6. The minimum Gasteiger partial charge on any atom is -0.396 e. The molecule has 0 amide bonds. The molecule has 0 aliphatic carbocycles. The molecule has 0 saturated carbocycles. The molecule has 3 N–H and O–H groups in total. The third kappa shape index (κ3) is 2.64. The lowest BCUT2D eigenvalue weighted by atomic mass is 10.2. The lowest BCUT2D eigenvalue weighted by Crippen LogP contribution is -2.11. The van der Waals surface area contributed by atoms with Crippen LogP contribution in [0.4, 0.5) is 0 Å². The average molecular weight is 202 g/mol. The molecule has 0 unspecified atom stereocenters. The van der Waals surface area contributed by atoms with E-state index < -0.39 is 7.60 Å². The fourth-order valence-corrected chi connectivity index (χ4v) is 1.97. The van der Waals surface area contributed by atoms with Crippen molar-refractivity contribution in [1.29, 1.82) is 0 Å². The van der Waals surface area contributed by atoms with Gasteiger partial charge in [0.2, 0.25) is 0 Å². The van der Waals surface area contributed by atoms with Crippen LogP contribution in [0.3, 0.4) is 0 Å². The molecule has 0 aliphatic rings. The molecule has 0 heterocycles. The molecule has 0 aliphatic heterocycles. The van der Waals surface area contributed by atoms with Crippen molar-refractivity contribution in [2.45, 2.75) is 6.42 Å². The van der Waals surface area contributed by atoms with E-state index in [0.29, 0.717) is 5.56 Å². The van der Waals surface area contributed by atoms with E-state index >= 15 is 0 Å². The summed E-state index contributed by atoms with van der Waals surface area (Å²) in [4.78, 5) is 17.9. The number of benzene rings is 1. The van der Waals surface area contributed by atoms with E-state index in [9.17, 15) is 4.57 Å². The Hall–Kier alpha value is -0.670.